The monoisotopic (exact) mass is 313 g/mol. The quantitative estimate of drug-likeness (QED) is 0.381. The van der Waals surface area contributed by atoms with Gasteiger partial charge in [0.2, 0.25) is 0 Å². The summed E-state index contributed by atoms with van der Waals surface area (Å²) in [5.74, 6) is 0. The molecule has 0 aromatic heterocycles. The first-order chi connectivity index (χ1) is 9.60. The summed E-state index contributed by atoms with van der Waals surface area (Å²) >= 11 is 0. The van der Waals surface area contributed by atoms with E-state index in [9.17, 15) is 0 Å². The highest BCUT2D eigenvalue weighted by atomic mass is 28.3. The van der Waals surface area contributed by atoms with Crippen LogP contribution in [-0.4, -0.2) is 30.7 Å². The van der Waals surface area contributed by atoms with Gasteiger partial charge < -0.3 is 5.32 Å². The maximum Gasteiger partial charge on any atom is 0.0527 e. The molecule has 0 aliphatic heterocycles. The molecule has 0 rings (SSSR count). The molecule has 0 saturated carbocycles. The van der Waals surface area contributed by atoms with E-state index < -0.39 is 8.07 Å². The molecular formula is C17H39NSi2. The molecule has 0 bridgehead atoms. The average Bonchev–Trinajstić information content (AvgIpc) is 2.45. The van der Waals surface area contributed by atoms with E-state index in [1.807, 2.05) is 0 Å². The second kappa shape index (κ2) is 12.8. The van der Waals surface area contributed by atoms with Gasteiger partial charge in [0.05, 0.1) is 8.07 Å². The van der Waals surface area contributed by atoms with Gasteiger partial charge in [-0.15, -0.1) is 5.70 Å². The van der Waals surface area contributed by atoms with Gasteiger partial charge in [0.1, 0.15) is 0 Å². The van der Waals surface area contributed by atoms with Gasteiger partial charge in [-0.25, -0.2) is 0 Å². The molecule has 0 unspecified atom stereocenters. The van der Waals surface area contributed by atoms with E-state index in [4.69, 9.17) is 0 Å². The predicted molar refractivity (Wildman–Crippen MR) is 102 cm³/mol. The van der Waals surface area contributed by atoms with Crippen molar-refractivity contribution in [3.05, 3.63) is 11.3 Å². The summed E-state index contributed by atoms with van der Waals surface area (Å²) in [6.45, 7) is 14.2. The highest BCUT2D eigenvalue weighted by Crippen LogP contribution is 2.26. The molecule has 0 radical (unpaired) electrons. The van der Waals surface area contributed by atoms with Crippen molar-refractivity contribution in [3.63, 3.8) is 0 Å². The van der Waals surface area contributed by atoms with Crippen molar-refractivity contribution in [2.24, 2.45) is 0 Å². The summed E-state index contributed by atoms with van der Waals surface area (Å²) in [6.07, 6.45) is 4.23. The number of unbranched alkanes of at least 4 members (excludes halogenated alkanes) is 1. The van der Waals surface area contributed by atoms with E-state index in [0.717, 1.165) is 0 Å². The summed E-state index contributed by atoms with van der Waals surface area (Å²) in [7, 11) is -0.748. The molecule has 0 spiro atoms. The molecule has 1 nitrogen and oxygen atoms in total. The van der Waals surface area contributed by atoms with Gasteiger partial charge in [0, 0.05) is 9.52 Å². The molecule has 1 N–H and O–H groups in total. The summed E-state index contributed by atoms with van der Waals surface area (Å²) < 4.78 is 0. The smallest absolute Gasteiger partial charge is 0.0527 e. The van der Waals surface area contributed by atoms with Crippen LogP contribution in [0.15, 0.2) is 11.3 Å². The van der Waals surface area contributed by atoms with Crippen molar-refractivity contribution in [2.45, 2.75) is 84.1 Å². The lowest BCUT2D eigenvalue weighted by Gasteiger charge is -2.28. The molecular weight excluding hydrogens is 274 g/mol. The van der Waals surface area contributed by atoms with Gasteiger partial charge in [0.25, 0.3) is 0 Å². The van der Waals surface area contributed by atoms with E-state index in [1.165, 1.54) is 62.1 Å². The van der Waals surface area contributed by atoms with Crippen molar-refractivity contribution in [1.82, 2.24) is 5.32 Å². The van der Waals surface area contributed by atoms with Gasteiger partial charge in [-0.1, -0.05) is 63.0 Å². The third kappa shape index (κ3) is 9.95. The van der Waals surface area contributed by atoms with Crippen molar-refractivity contribution < 1.29 is 0 Å². The fraction of sp³-hybridized carbons (Fsp3) is 0.882. The van der Waals surface area contributed by atoms with Crippen molar-refractivity contribution >= 4 is 17.6 Å². The minimum Gasteiger partial charge on any atom is -0.317 e. The molecule has 0 fully saturated rings. The minimum absolute atomic E-state index is 0.0952. The zero-order valence-corrected chi connectivity index (χ0v) is 17.3. The maximum absolute atomic E-state index is 3.63. The Kier molecular flexibility index (Phi) is 12.9. The van der Waals surface area contributed by atoms with Crippen LogP contribution in [-0.2, 0) is 0 Å². The SMILES string of the molecule is CC[Si](CC)(CC)CCCCNCCC[SiH2]C=C(C)C. The number of hydrogen-bond acceptors (Lipinski definition) is 1. The van der Waals surface area contributed by atoms with Crippen LogP contribution < -0.4 is 5.32 Å². The minimum atomic E-state index is -0.843. The van der Waals surface area contributed by atoms with Crippen LogP contribution in [0.1, 0.15) is 53.9 Å². The third-order valence-corrected chi connectivity index (χ3v) is 12.8. The largest absolute Gasteiger partial charge is 0.317 e. The Morgan fingerprint density at radius 1 is 0.950 bits per heavy atom. The Bertz CT molecular complexity index is 235. The Balaban J connectivity index is 3.42. The summed E-state index contributed by atoms with van der Waals surface area (Å²) in [5, 5.41) is 3.63. The second-order valence-electron chi connectivity index (χ2n) is 6.55. The molecule has 0 aliphatic carbocycles. The van der Waals surface area contributed by atoms with Crippen LogP contribution in [0, 0.1) is 0 Å². The van der Waals surface area contributed by atoms with Crippen molar-refractivity contribution in [2.75, 3.05) is 13.1 Å². The van der Waals surface area contributed by atoms with Crippen LogP contribution >= 0.6 is 0 Å². The van der Waals surface area contributed by atoms with Crippen LogP contribution in [0.3, 0.4) is 0 Å². The van der Waals surface area contributed by atoms with E-state index >= 15 is 0 Å². The van der Waals surface area contributed by atoms with Gasteiger partial charge in [0.15, 0.2) is 0 Å². The fourth-order valence-electron chi connectivity index (χ4n) is 2.94. The first-order valence-electron chi connectivity index (χ1n) is 8.94. The molecule has 0 aromatic rings. The molecule has 20 heavy (non-hydrogen) atoms. The van der Waals surface area contributed by atoms with Crippen LogP contribution in [0.5, 0.6) is 0 Å². The second-order valence-corrected chi connectivity index (χ2v) is 13.9. The fourth-order valence-corrected chi connectivity index (χ4v) is 7.82. The third-order valence-electron chi connectivity index (χ3n) is 4.92. The standard InChI is InChI=1S/C17H39NSi2/c1-6-20(7-2,8-3)15-10-9-12-18-13-11-14-19-16-17(4)5/h16,18H,6-15,19H2,1-5H3. The molecule has 0 saturated heterocycles. The zero-order valence-electron chi connectivity index (χ0n) is 14.9. The lowest BCUT2D eigenvalue weighted by molar-refractivity contribution is 0.629. The van der Waals surface area contributed by atoms with Gasteiger partial charge >= 0.3 is 0 Å². The molecule has 3 heteroatoms. The number of rotatable bonds is 13. The molecule has 0 aromatic carbocycles. The van der Waals surface area contributed by atoms with E-state index in [2.05, 4.69) is 45.6 Å². The Hall–Kier alpha value is 0.134. The Labute approximate surface area is 131 Å². The van der Waals surface area contributed by atoms with Crippen molar-refractivity contribution in [1.29, 1.82) is 0 Å². The average molecular weight is 314 g/mol. The normalized spacial score (nSPS) is 12.2. The van der Waals surface area contributed by atoms with Crippen LogP contribution in [0.4, 0.5) is 0 Å². The zero-order chi connectivity index (χ0) is 15.3. The highest BCUT2D eigenvalue weighted by Gasteiger charge is 2.25. The predicted octanol–water partition coefficient (Wildman–Crippen LogP) is 4.77. The van der Waals surface area contributed by atoms with E-state index in [1.54, 1.807) is 6.04 Å². The number of nitrogens with one attached hydrogen (secondary N) is 1. The van der Waals surface area contributed by atoms with Gasteiger partial charge in [-0.05, 0) is 39.8 Å². The van der Waals surface area contributed by atoms with Crippen LogP contribution in [0.2, 0.25) is 30.2 Å². The Morgan fingerprint density at radius 2 is 1.55 bits per heavy atom. The maximum atomic E-state index is 3.63. The van der Waals surface area contributed by atoms with Crippen molar-refractivity contribution in [3.8, 4) is 0 Å². The molecule has 0 amide bonds. The lowest BCUT2D eigenvalue weighted by Crippen LogP contribution is -2.31. The van der Waals surface area contributed by atoms with Gasteiger partial charge in [-0.3, -0.25) is 0 Å². The Morgan fingerprint density at radius 3 is 2.10 bits per heavy atom. The molecule has 120 valence electrons. The number of hydrogen-bond donors (Lipinski definition) is 1. The summed E-state index contributed by atoms with van der Waals surface area (Å²) in [5.41, 5.74) is 4.00. The van der Waals surface area contributed by atoms with Crippen LogP contribution in [0.25, 0.3) is 0 Å². The van der Waals surface area contributed by atoms with Gasteiger partial charge in [-0.2, -0.15) is 0 Å². The highest BCUT2D eigenvalue weighted by molar-refractivity contribution is 6.79. The topological polar surface area (TPSA) is 12.0 Å². The van der Waals surface area contributed by atoms with E-state index in [-0.39, 0.29) is 9.52 Å². The lowest BCUT2D eigenvalue weighted by atomic mass is 10.3. The summed E-state index contributed by atoms with van der Waals surface area (Å²) in [4.78, 5) is 0. The first kappa shape index (κ1) is 20.1. The molecule has 0 aliphatic rings. The molecule has 0 heterocycles. The summed E-state index contributed by atoms with van der Waals surface area (Å²) in [6, 6.07) is 7.49. The van der Waals surface area contributed by atoms with E-state index in [0.29, 0.717) is 0 Å². The first-order valence-corrected chi connectivity index (χ1v) is 13.6. The number of allylic oxidation sites excluding steroid dienone is 1. The molecule has 0 atom stereocenters.